The summed E-state index contributed by atoms with van der Waals surface area (Å²) in [6, 6.07) is 22.2. The molecule has 3 aromatic rings. The molecule has 0 saturated heterocycles. The van der Waals surface area contributed by atoms with Gasteiger partial charge in [0, 0.05) is 12.1 Å². The third-order valence-corrected chi connectivity index (χ3v) is 6.35. The number of carbonyl (C=O) groups is 1. The predicted octanol–water partition coefficient (Wildman–Crippen LogP) is 4.34. The highest BCUT2D eigenvalue weighted by atomic mass is 16.5. The maximum atomic E-state index is 11.1. The van der Waals surface area contributed by atoms with E-state index in [1.54, 1.807) is 30.3 Å². The Hall–Kier alpha value is -3.66. The molecular formula is C28H28N2O4. The predicted molar refractivity (Wildman–Crippen MR) is 130 cm³/mol. The van der Waals surface area contributed by atoms with E-state index >= 15 is 0 Å². The number of ether oxygens (including phenoxy) is 1. The number of hydrogen-bond donors (Lipinski definition) is 3. The lowest BCUT2D eigenvalue weighted by molar-refractivity contribution is 0.0697. The Bertz CT molecular complexity index is 1210. The van der Waals surface area contributed by atoms with Crippen molar-refractivity contribution < 1.29 is 19.7 Å². The second-order valence-electron chi connectivity index (χ2n) is 8.93. The van der Waals surface area contributed by atoms with E-state index in [2.05, 4.69) is 36.5 Å². The molecule has 6 heteroatoms. The van der Waals surface area contributed by atoms with Crippen molar-refractivity contribution in [2.75, 3.05) is 13.2 Å². The standard InChI is InChI=1S/C28H28N2O4/c1-19-4-2-3-5-23(19)15-28(12-13-28)30-17-25(31)18-34-26-14-22(10-11-24(26)16-29)20-6-8-21(9-7-20)27(32)33/h2-11,14,25,30-31H,12-13,15,17-18H2,1H3,(H,32,33)/t25-/m1/s1. The van der Waals surface area contributed by atoms with Crippen LogP contribution in [-0.4, -0.2) is 41.0 Å². The molecule has 0 amide bonds. The molecule has 0 spiro atoms. The van der Waals surface area contributed by atoms with Crippen LogP contribution in [0.25, 0.3) is 11.1 Å². The number of nitriles is 1. The normalized spacial score (nSPS) is 14.7. The quantitative estimate of drug-likeness (QED) is 0.420. The smallest absolute Gasteiger partial charge is 0.335 e. The van der Waals surface area contributed by atoms with Crippen molar-refractivity contribution in [1.82, 2.24) is 5.32 Å². The number of nitrogens with zero attached hydrogens (tertiary/aromatic N) is 1. The zero-order valence-corrected chi connectivity index (χ0v) is 19.1. The minimum Gasteiger partial charge on any atom is -0.489 e. The van der Waals surface area contributed by atoms with Gasteiger partial charge in [0.2, 0.25) is 0 Å². The molecular weight excluding hydrogens is 428 g/mol. The number of aromatic carboxylic acids is 1. The van der Waals surface area contributed by atoms with Gasteiger partial charge >= 0.3 is 5.97 Å². The molecule has 6 nitrogen and oxygen atoms in total. The maximum absolute atomic E-state index is 11.1. The SMILES string of the molecule is Cc1ccccc1CC1(NC[C@@H](O)COc2cc(-c3ccc(C(=O)O)cc3)ccc2C#N)CC1. The van der Waals surface area contributed by atoms with Crippen LogP contribution in [-0.2, 0) is 6.42 Å². The first-order valence-corrected chi connectivity index (χ1v) is 11.4. The van der Waals surface area contributed by atoms with E-state index in [9.17, 15) is 15.2 Å². The number of aryl methyl sites for hydroxylation is 1. The molecule has 0 unspecified atom stereocenters. The van der Waals surface area contributed by atoms with Crippen LogP contribution in [0.3, 0.4) is 0 Å². The van der Waals surface area contributed by atoms with Crippen LogP contribution in [0.15, 0.2) is 66.7 Å². The number of carboxylic acid groups (broad SMARTS) is 1. The molecule has 3 N–H and O–H groups in total. The van der Waals surface area contributed by atoms with E-state index in [0.717, 1.165) is 30.4 Å². The first-order valence-electron chi connectivity index (χ1n) is 11.4. The van der Waals surface area contributed by atoms with E-state index in [1.165, 1.54) is 23.3 Å². The number of rotatable bonds is 10. The van der Waals surface area contributed by atoms with Gasteiger partial charge in [0.05, 0.1) is 11.1 Å². The van der Waals surface area contributed by atoms with Crippen molar-refractivity contribution in [2.24, 2.45) is 0 Å². The number of hydrogen-bond acceptors (Lipinski definition) is 5. The average molecular weight is 457 g/mol. The largest absolute Gasteiger partial charge is 0.489 e. The highest BCUT2D eigenvalue weighted by molar-refractivity contribution is 5.88. The Morgan fingerprint density at radius 3 is 2.47 bits per heavy atom. The number of aliphatic hydroxyl groups is 1. The van der Waals surface area contributed by atoms with Crippen LogP contribution < -0.4 is 10.1 Å². The molecule has 0 aromatic heterocycles. The van der Waals surface area contributed by atoms with E-state index in [0.29, 0.717) is 17.9 Å². The number of nitrogens with one attached hydrogen (secondary N) is 1. The fraction of sp³-hybridized carbons (Fsp3) is 0.286. The van der Waals surface area contributed by atoms with E-state index in [4.69, 9.17) is 9.84 Å². The maximum Gasteiger partial charge on any atom is 0.335 e. The zero-order valence-electron chi connectivity index (χ0n) is 19.1. The molecule has 0 bridgehead atoms. The lowest BCUT2D eigenvalue weighted by Crippen LogP contribution is -2.41. The average Bonchev–Trinajstić information content (AvgIpc) is 3.62. The second kappa shape index (κ2) is 10.1. The first kappa shape index (κ1) is 23.5. The Balaban J connectivity index is 1.36. The summed E-state index contributed by atoms with van der Waals surface area (Å²) >= 11 is 0. The number of aliphatic hydroxyl groups excluding tert-OH is 1. The van der Waals surface area contributed by atoms with Crippen LogP contribution >= 0.6 is 0 Å². The molecule has 1 aliphatic carbocycles. The van der Waals surface area contributed by atoms with Gasteiger partial charge < -0.3 is 20.3 Å². The minimum absolute atomic E-state index is 0.0347. The van der Waals surface area contributed by atoms with Crippen LogP contribution in [0.5, 0.6) is 5.75 Å². The van der Waals surface area contributed by atoms with E-state index in [1.807, 2.05) is 6.07 Å². The Labute approximate surface area is 199 Å². The topological polar surface area (TPSA) is 103 Å². The van der Waals surface area contributed by atoms with Crippen molar-refractivity contribution in [1.29, 1.82) is 5.26 Å². The highest BCUT2D eigenvalue weighted by Gasteiger charge is 2.42. The number of carboxylic acids is 1. The monoisotopic (exact) mass is 456 g/mol. The molecule has 34 heavy (non-hydrogen) atoms. The molecule has 1 atom stereocenters. The summed E-state index contributed by atoms with van der Waals surface area (Å²) in [7, 11) is 0. The summed E-state index contributed by atoms with van der Waals surface area (Å²) in [5, 5.41) is 32.6. The van der Waals surface area contributed by atoms with Crippen molar-refractivity contribution in [3.63, 3.8) is 0 Å². The van der Waals surface area contributed by atoms with Crippen molar-refractivity contribution in [3.8, 4) is 22.9 Å². The molecule has 174 valence electrons. The van der Waals surface area contributed by atoms with Crippen molar-refractivity contribution in [2.45, 2.75) is 37.8 Å². The van der Waals surface area contributed by atoms with Crippen molar-refractivity contribution >= 4 is 5.97 Å². The molecule has 0 radical (unpaired) electrons. The lowest BCUT2D eigenvalue weighted by atomic mass is 9.99. The van der Waals surface area contributed by atoms with Gasteiger partial charge in [0.1, 0.15) is 24.5 Å². The summed E-state index contributed by atoms with van der Waals surface area (Å²) in [5.74, 6) is -0.590. The van der Waals surface area contributed by atoms with Crippen LogP contribution in [0.4, 0.5) is 0 Å². The summed E-state index contributed by atoms with van der Waals surface area (Å²) in [6.07, 6.45) is 2.38. The molecule has 0 aliphatic heterocycles. The molecule has 4 rings (SSSR count). The van der Waals surface area contributed by atoms with Gasteiger partial charge in [0.25, 0.3) is 0 Å². The number of benzene rings is 3. The third kappa shape index (κ3) is 5.63. The van der Waals surface area contributed by atoms with Gasteiger partial charge in [-0.15, -0.1) is 0 Å². The second-order valence-corrected chi connectivity index (χ2v) is 8.93. The van der Waals surface area contributed by atoms with Crippen LogP contribution in [0, 0.1) is 18.3 Å². The Morgan fingerprint density at radius 1 is 1.12 bits per heavy atom. The molecule has 1 saturated carbocycles. The van der Waals surface area contributed by atoms with Crippen LogP contribution in [0.2, 0.25) is 0 Å². The van der Waals surface area contributed by atoms with Gasteiger partial charge in [-0.3, -0.25) is 0 Å². The fourth-order valence-corrected chi connectivity index (χ4v) is 4.04. The minimum atomic E-state index is -0.982. The lowest BCUT2D eigenvalue weighted by Gasteiger charge is -2.21. The molecule has 0 heterocycles. The van der Waals surface area contributed by atoms with Gasteiger partial charge in [-0.1, -0.05) is 42.5 Å². The zero-order chi connectivity index (χ0) is 24.1. The van der Waals surface area contributed by atoms with E-state index in [-0.39, 0.29) is 17.7 Å². The first-order chi connectivity index (χ1) is 16.4. The van der Waals surface area contributed by atoms with Crippen LogP contribution in [0.1, 0.15) is 39.9 Å². The highest BCUT2D eigenvalue weighted by Crippen LogP contribution is 2.39. The van der Waals surface area contributed by atoms with E-state index < -0.39 is 12.1 Å². The Morgan fingerprint density at radius 2 is 1.82 bits per heavy atom. The van der Waals surface area contributed by atoms with Gasteiger partial charge in [-0.25, -0.2) is 4.79 Å². The molecule has 1 aliphatic rings. The molecule has 1 fully saturated rings. The fourth-order valence-electron chi connectivity index (χ4n) is 4.04. The summed E-state index contributed by atoms with van der Waals surface area (Å²) in [6.45, 7) is 2.59. The van der Waals surface area contributed by atoms with Crippen molar-refractivity contribution in [3.05, 3.63) is 89.0 Å². The van der Waals surface area contributed by atoms with Gasteiger partial charge in [-0.2, -0.15) is 5.26 Å². The summed E-state index contributed by atoms with van der Waals surface area (Å²) < 4.78 is 5.83. The Kier molecular flexibility index (Phi) is 6.97. The summed E-state index contributed by atoms with van der Waals surface area (Å²) in [5.41, 5.74) is 4.84. The number of β-amino-alcohol motifs (C(OH)–C–C–N with tert-alkyl or cyclic N) is 1. The third-order valence-electron chi connectivity index (χ3n) is 6.35. The van der Waals surface area contributed by atoms with Gasteiger partial charge in [0.15, 0.2) is 0 Å². The molecule has 3 aromatic carbocycles. The summed E-state index contributed by atoms with van der Waals surface area (Å²) in [4.78, 5) is 11.1. The van der Waals surface area contributed by atoms with Gasteiger partial charge in [-0.05, 0) is 72.7 Å².